The number of aliphatic hydroxyl groups excluding tert-OH is 7. The lowest BCUT2D eigenvalue weighted by Crippen LogP contribution is -2.64. The van der Waals surface area contributed by atoms with Gasteiger partial charge in [0.15, 0.2) is 6.29 Å². The molecule has 2 aliphatic heterocycles. The van der Waals surface area contributed by atoms with Crippen molar-refractivity contribution in [2.24, 2.45) is 0 Å². The average Bonchev–Trinajstić information content (AvgIpc) is 2.79. The Balaban J connectivity index is 1.86. The lowest BCUT2D eigenvalue weighted by atomic mass is 9.97. The van der Waals surface area contributed by atoms with Crippen LogP contribution in [0.4, 0.5) is 0 Å². The molecule has 32 heavy (non-hydrogen) atoms. The summed E-state index contributed by atoms with van der Waals surface area (Å²) in [6, 6.07) is 0. The van der Waals surface area contributed by atoms with Gasteiger partial charge in [0.1, 0.15) is 54.3 Å². The minimum absolute atomic E-state index is 0.514. The van der Waals surface area contributed by atoms with E-state index in [0.29, 0.717) is 0 Å². The van der Waals surface area contributed by atoms with Gasteiger partial charge in [0.05, 0.1) is 13.2 Å². The van der Waals surface area contributed by atoms with Crippen LogP contribution in [0.3, 0.4) is 0 Å². The number of thioether (sulfide) groups is 1. The van der Waals surface area contributed by atoms with Gasteiger partial charge in [-0.25, -0.2) is 0 Å². The van der Waals surface area contributed by atoms with Gasteiger partial charge in [-0.3, -0.25) is 0 Å². The summed E-state index contributed by atoms with van der Waals surface area (Å²) >= 11 is 1.36. The van der Waals surface area contributed by atoms with Crippen molar-refractivity contribution < 1.29 is 50.0 Å². The van der Waals surface area contributed by atoms with Crippen LogP contribution in [0.2, 0.25) is 0 Å². The highest BCUT2D eigenvalue weighted by Gasteiger charge is 2.50. The third-order valence-electron chi connectivity index (χ3n) is 5.99. The van der Waals surface area contributed by atoms with Crippen molar-refractivity contribution in [1.29, 1.82) is 0 Å². The second-order valence-electron chi connectivity index (χ2n) is 8.50. The molecule has 0 bridgehead atoms. The predicted molar refractivity (Wildman–Crippen MR) is 117 cm³/mol. The second-order valence-corrected chi connectivity index (χ2v) is 9.70. The molecule has 0 spiro atoms. The van der Waals surface area contributed by atoms with Crippen molar-refractivity contribution >= 4 is 11.8 Å². The van der Waals surface area contributed by atoms with Crippen molar-refractivity contribution in [3.05, 3.63) is 0 Å². The van der Waals surface area contributed by atoms with Crippen LogP contribution >= 0.6 is 11.8 Å². The summed E-state index contributed by atoms with van der Waals surface area (Å²) in [5.74, 6) is 0.735. The SMILES string of the molecule is CCCCCCCCCS[C@@H]1OC(CO)[C@@H](O[C@H]2OC(CO)[C@@H](O)[C@H](O)C2O)[C@H](O)C1O. The summed E-state index contributed by atoms with van der Waals surface area (Å²) < 4.78 is 16.6. The Kier molecular flexibility index (Phi) is 12.7. The highest BCUT2D eigenvalue weighted by molar-refractivity contribution is 7.99. The van der Waals surface area contributed by atoms with E-state index in [1.807, 2.05) is 0 Å². The van der Waals surface area contributed by atoms with E-state index >= 15 is 0 Å². The van der Waals surface area contributed by atoms with Crippen LogP contribution in [-0.4, -0.2) is 115 Å². The van der Waals surface area contributed by atoms with Crippen molar-refractivity contribution in [2.75, 3.05) is 19.0 Å². The van der Waals surface area contributed by atoms with E-state index in [1.54, 1.807) is 0 Å². The van der Waals surface area contributed by atoms with E-state index in [9.17, 15) is 35.7 Å². The summed E-state index contributed by atoms with van der Waals surface area (Å²) in [5.41, 5.74) is -0.753. The third kappa shape index (κ3) is 7.47. The molecule has 0 aliphatic carbocycles. The van der Waals surface area contributed by atoms with E-state index in [4.69, 9.17) is 14.2 Å². The van der Waals surface area contributed by atoms with Gasteiger partial charge < -0.3 is 50.0 Å². The van der Waals surface area contributed by atoms with Crippen LogP contribution in [-0.2, 0) is 14.2 Å². The Morgan fingerprint density at radius 3 is 1.94 bits per heavy atom. The van der Waals surface area contributed by atoms with Crippen LogP contribution in [0.15, 0.2) is 0 Å². The molecule has 2 heterocycles. The molecule has 0 radical (unpaired) electrons. The molecule has 190 valence electrons. The molecule has 0 saturated carbocycles. The number of rotatable bonds is 13. The standard InChI is InChI=1S/C21H40O10S/c1-2-3-4-5-6-7-8-9-32-21-18(28)16(26)19(13(11-23)30-21)31-20-17(27)15(25)14(24)12(10-22)29-20/h12-28H,2-11H2,1H3/t12?,13?,14-,15+,16-,17?,18?,19-,20-,21+/m1/s1. The molecule has 10 nitrogen and oxygen atoms in total. The predicted octanol–water partition coefficient (Wildman–Crippen LogP) is -0.906. The Bertz CT molecular complexity index is 511. The lowest BCUT2D eigenvalue weighted by Gasteiger charge is -2.46. The zero-order valence-electron chi connectivity index (χ0n) is 18.6. The number of unbranched alkanes of at least 4 members (excludes halogenated alkanes) is 6. The molecule has 4 unspecified atom stereocenters. The summed E-state index contributed by atoms with van der Waals surface area (Å²) in [7, 11) is 0. The van der Waals surface area contributed by atoms with Crippen molar-refractivity contribution in [1.82, 2.24) is 0 Å². The van der Waals surface area contributed by atoms with Crippen LogP contribution in [0.5, 0.6) is 0 Å². The van der Waals surface area contributed by atoms with E-state index < -0.39 is 73.8 Å². The van der Waals surface area contributed by atoms with E-state index in [0.717, 1.165) is 25.0 Å². The quantitative estimate of drug-likeness (QED) is 0.162. The maximum Gasteiger partial charge on any atom is 0.187 e. The van der Waals surface area contributed by atoms with Crippen LogP contribution in [0.25, 0.3) is 0 Å². The van der Waals surface area contributed by atoms with Gasteiger partial charge in [-0.1, -0.05) is 45.4 Å². The molecular weight excluding hydrogens is 444 g/mol. The summed E-state index contributed by atoms with van der Waals surface area (Å²) in [5, 5.41) is 70.1. The Morgan fingerprint density at radius 2 is 1.31 bits per heavy atom. The first-order valence-electron chi connectivity index (χ1n) is 11.6. The van der Waals surface area contributed by atoms with Crippen LogP contribution in [0, 0.1) is 0 Å². The minimum Gasteiger partial charge on any atom is -0.394 e. The third-order valence-corrected chi connectivity index (χ3v) is 7.23. The zero-order valence-corrected chi connectivity index (χ0v) is 19.4. The highest BCUT2D eigenvalue weighted by Crippen LogP contribution is 2.33. The van der Waals surface area contributed by atoms with Gasteiger partial charge >= 0.3 is 0 Å². The molecule has 0 amide bonds. The lowest BCUT2D eigenvalue weighted by molar-refractivity contribution is -0.338. The first-order chi connectivity index (χ1) is 15.3. The number of ether oxygens (including phenoxy) is 3. The summed E-state index contributed by atoms with van der Waals surface area (Å²) in [6.07, 6.45) is -4.45. The number of hydrogen-bond donors (Lipinski definition) is 7. The fraction of sp³-hybridized carbons (Fsp3) is 1.00. The van der Waals surface area contributed by atoms with Gasteiger partial charge in [0, 0.05) is 0 Å². The van der Waals surface area contributed by atoms with E-state index in [1.165, 1.54) is 37.4 Å². The minimum atomic E-state index is -1.67. The fourth-order valence-corrected chi connectivity index (χ4v) is 5.13. The maximum absolute atomic E-state index is 10.6. The number of aliphatic hydroxyl groups is 7. The molecule has 10 atom stereocenters. The normalized spacial score (nSPS) is 40.5. The molecule has 2 rings (SSSR count). The van der Waals surface area contributed by atoms with Gasteiger partial charge in [0.25, 0.3) is 0 Å². The van der Waals surface area contributed by atoms with Gasteiger partial charge in [-0.15, -0.1) is 11.8 Å². The Labute approximate surface area is 193 Å². The largest absolute Gasteiger partial charge is 0.394 e. The maximum atomic E-state index is 10.6. The van der Waals surface area contributed by atoms with Crippen LogP contribution < -0.4 is 0 Å². The van der Waals surface area contributed by atoms with Gasteiger partial charge in [0.2, 0.25) is 0 Å². The van der Waals surface area contributed by atoms with Crippen LogP contribution in [0.1, 0.15) is 51.9 Å². The molecule has 0 aromatic carbocycles. The van der Waals surface area contributed by atoms with E-state index in [-0.39, 0.29) is 0 Å². The first kappa shape index (κ1) is 28.2. The highest BCUT2D eigenvalue weighted by atomic mass is 32.2. The van der Waals surface area contributed by atoms with Crippen molar-refractivity contribution in [3.63, 3.8) is 0 Å². The van der Waals surface area contributed by atoms with Crippen molar-refractivity contribution in [3.8, 4) is 0 Å². The molecule has 2 fully saturated rings. The molecule has 7 N–H and O–H groups in total. The van der Waals surface area contributed by atoms with Crippen molar-refractivity contribution in [2.45, 2.75) is 112 Å². The molecule has 0 aromatic rings. The second kappa shape index (κ2) is 14.4. The van der Waals surface area contributed by atoms with E-state index in [2.05, 4.69) is 6.92 Å². The molecular formula is C21H40O10S. The first-order valence-corrected chi connectivity index (χ1v) is 12.6. The monoisotopic (exact) mass is 484 g/mol. The molecule has 2 aliphatic rings. The van der Waals surface area contributed by atoms with Gasteiger partial charge in [-0.2, -0.15) is 0 Å². The summed E-state index contributed by atoms with van der Waals surface area (Å²) in [6.45, 7) is 1.04. The van der Waals surface area contributed by atoms with Gasteiger partial charge in [-0.05, 0) is 12.2 Å². The smallest absolute Gasteiger partial charge is 0.187 e. The summed E-state index contributed by atoms with van der Waals surface area (Å²) in [4.78, 5) is 0. The average molecular weight is 485 g/mol. The zero-order chi connectivity index (χ0) is 23.7. The number of hydrogen-bond acceptors (Lipinski definition) is 11. The fourth-order valence-electron chi connectivity index (χ4n) is 3.95. The molecule has 0 aromatic heterocycles. The molecule has 11 heteroatoms. The topological polar surface area (TPSA) is 169 Å². The Hall–Kier alpha value is -0.0500. The Morgan fingerprint density at radius 1 is 0.688 bits per heavy atom. The molecule has 2 saturated heterocycles.